The van der Waals surface area contributed by atoms with Gasteiger partial charge in [-0.3, -0.25) is 0 Å². The molecule has 2 atom stereocenters. The average Bonchev–Trinajstić information content (AvgIpc) is 2.39. The normalized spacial score (nSPS) is 24.1. The molecule has 0 saturated carbocycles. The summed E-state index contributed by atoms with van der Waals surface area (Å²) in [5.74, 6) is 1.79. The van der Waals surface area contributed by atoms with Crippen LogP contribution in [0.1, 0.15) is 40.0 Å². The summed E-state index contributed by atoms with van der Waals surface area (Å²) >= 11 is 0. The van der Waals surface area contributed by atoms with Crippen LogP contribution in [0, 0.1) is 5.92 Å². The minimum absolute atomic E-state index is 0.641. The SMILES string of the molecule is CCCNc1cc(N2CC(C)CCC2C)ccn1. The molecule has 1 aliphatic heterocycles. The lowest BCUT2D eigenvalue weighted by Gasteiger charge is -2.38. The second-order valence-corrected chi connectivity index (χ2v) is 5.51. The van der Waals surface area contributed by atoms with E-state index in [0.717, 1.165) is 24.7 Å². The van der Waals surface area contributed by atoms with E-state index in [1.807, 2.05) is 6.20 Å². The van der Waals surface area contributed by atoms with Gasteiger partial charge >= 0.3 is 0 Å². The molecule has 1 saturated heterocycles. The van der Waals surface area contributed by atoms with Gasteiger partial charge in [0.05, 0.1) is 0 Å². The third kappa shape index (κ3) is 3.15. The molecule has 0 bridgehead atoms. The van der Waals surface area contributed by atoms with Crippen molar-refractivity contribution in [2.45, 2.75) is 46.1 Å². The molecule has 2 heterocycles. The molecule has 18 heavy (non-hydrogen) atoms. The van der Waals surface area contributed by atoms with E-state index in [1.54, 1.807) is 0 Å². The summed E-state index contributed by atoms with van der Waals surface area (Å²) in [4.78, 5) is 6.90. The quantitative estimate of drug-likeness (QED) is 0.882. The van der Waals surface area contributed by atoms with Gasteiger partial charge in [-0.05, 0) is 38.2 Å². The van der Waals surface area contributed by atoms with Crippen molar-refractivity contribution in [3.05, 3.63) is 18.3 Å². The Morgan fingerprint density at radius 3 is 3.00 bits per heavy atom. The number of nitrogens with one attached hydrogen (secondary N) is 1. The van der Waals surface area contributed by atoms with Crippen molar-refractivity contribution in [2.24, 2.45) is 5.92 Å². The minimum Gasteiger partial charge on any atom is -0.370 e. The van der Waals surface area contributed by atoms with Gasteiger partial charge in [-0.25, -0.2) is 4.98 Å². The van der Waals surface area contributed by atoms with Crippen molar-refractivity contribution in [2.75, 3.05) is 23.3 Å². The van der Waals surface area contributed by atoms with Crippen molar-refractivity contribution in [3.8, 4) is 0 Å². The lowest BCUT2D eigenvalue weighted by atomic mass is 9.94. The standard InChI is InChI=1S/C15H25N3/c1-4-8-16-15-10-14(7-9-17-15)18-11-12(2)5-6-13(18)3/h7,9-10,12-13H,4-6,8,11H2,1-3H3,(H,16,17). The molecule has 3 heteroatoms. The molecular formula is C15H25N3. The minimum atomic E-state index is 0.641. The number of aromatic nitrogens is 1. The zero-order valence-corrected chi connectivity index (χ0v) is 11.8. The van der Waals surface area contributed by atoms with Gasteiger partial charge in [0.1, 0.15) is 5.82 Å². The molecule has 1 aromatic rings. The number of pyridine rings is 1. The van der Waals surface area contributed by atoms with Crippen LogP contribution in [0.4, 0.5) is 11.5 Å². The molecule has 3 nitrogen and oxygen atoms in total. The molecule has 1 aromatic heterocycles. The van der Waals surface area contributed by atoms with E-state index in [0.29, 0.717) is 6.04 Å². The maximum atomic E-state index is 4.38. The topological polar surface area (TPSA) is 28.2 Å². The fraction of sp³-hybridized carbons (Fsp3) is 0.667. The van der Waals surface area contributed by atoms with E-state index in [1.165, 1.54) is 25.1 Å². The third-order valence-electron chi connectivity index (χ3n) is 3.75. The number of hydrogen-bond donors (Lipinski definition) is 1. The van der Waals surface area contributed by atoms with E-state index >= 15 is 0 Å². The lowest BCUT2D eigenvalue weighted by Crippen LogP contribution is -2.41. The van der Waals surface area contributed by atoms with Crippen LogP contribution in [0.25, 0.3) is 0 Å². The zero-order chi connectivity index (χ0) is 13.0. The average molecular weight is 247 g/mol. The van der Waals surface area contributed by atoms with Gasteiger partial charge in [0.15, 0.2) is 0 Å². The highest BCUT2D eigenvalue weighted by atomic mass is 15.2. The van der Waals surface area contributed by atoms with E-state index in [9.17, 15) is 0 Å². The highest BCUT2D eigenvalue weighted by molar-refractivity contribution is 5.54. The van der Waals surface area contributed by atoms with Crippen LogP contribution in [-0.4, -0.2) is 24.1 Å². The first-order chi connectivity index (χ1) is 8.70. The molecule has 2 rings (SSSR count). The first-order valence-corrected chi connectivity index (χ1v) is 7.17. The molecular weight excluding hydrogens is 222 g/mol. The number of nitrogens with zero attached hydrogens (tertiary/aromatic N) is 2. The van der Waals surface area contributed by atoms with Gasteiger partial charge in [-0.15, -0.1) is 0 Å². The smallest absolute Gasteiger partial charge is 0.127 e. The molecule has 0 aliphatic carbocycles. The van der Waals surface area contributed by atoms with Crippen molar-refractivity contribution in [3.63, 3.8) is 0 Å². The van der Waals surface area contributed by atoms with Crippen LogP contribution in [0.3, 0.4) is 0 Å². The maximum absolute atomic E-state index is 4.38. The molecule has 100 valence electrons. The monoisotopic (exact) mass is 247 g/mol. The number of rotatable bonds is 4. The van der Waals surface area contributed by atoms with Crippen LogP contribution in [0.15, 0.2) is 18.3 Å². The fourth-order valence-electron chi connectivity index (χ4n) is 2.60. The highest BCUT2D eigenvalue weighted by Gasteiger charge is 2.23. The Balaban J connectivity index is 2.11. The van der Waals surface area contributed by atoms with Gasteiger partial charge in [0, 0.05) is 37.1 Å². The van der Waals surface area contributed by atoms with Gasteiger partial charge in [0.2, 0.25) is 0 Å². The summed E-state index contributed by atoms with van der Waals surface area (Å²) < 4.78 is 0. The number of anilines is 2. The second kappa shape index (κ2) is 6.07. The Morgan fingerprint density at radius 1 is 1.39 bits per heavy atom. The highest BCUT2D eigenvalue weighted by Crippen LogP contribution is 2.28. The first-order valence-electron chi connectivity index (χ1n) is 7.17. The largest absolute Gasteiger partial charge is 0.370 e. The van der Waals surface area contributed by atoms with Crippen LogP contribution in [0.5, 0.6) is 0 Å². The van der Waals surface area contributed by atoms with Gasteiger partial charge in [0.25, 0.3) is 0 Å². The summed E-state index contributed by atoms with van der Waals surface area (Å²) in [6.45, 7) is 8.99. The van der Waals surface area contributed by atoms with Crippen molar-refractivity contribution in [1.29, 1.82) is 0 Å². The van der Waals surface area contributed by atoms with Crippen LogP contribution >= 0.6 is 0 Å². The van der Waals surface area contributed by atoms with Gasteiger partial charge < -0.3 is 10.2 Å². The Hall–Kier alpha value is -1.25. The number of piperidine rings is 1. The lowest BCUT2D eigenvalue weighted by molar-refractivity contribution is 0.390. The van der Waals surface area contributed by atoms with Gasteiger partial charge in [-0.2, -0.15) is 0 Å². The molecule has 2 unspecified atom stereocenters. The molecule has 0 radical (unpaired) electrons. The van der Waals surface area contributed by atoms with E-state index in [-0.39, 0.29) is 0 Å². The van der Waals surface area contributed by atoms with Crippen LogP contribution < -0.4 is 10.2 Å². The predicted molar refractivity (Wildman–Crippen MR) is 78.2 cm³/mol. The van der Waals surface area contributed by atoms with Crippen LogP contribution in [-0.2, 0) is 0 Å². The van der Waals surface area contributed by atoms with E-state index in [2.05, 4.69) is 48.1 Å². The maximum Gasteiger partial charge on any atom is 0.127 e. The van der Waals surface area contributed by atoms with Crippen molar-refractivity contribution < 1.29 is 0 Å². The Bertz CT molecular complexity index is 378. The predicted octanol–water partition coefficient (Wildman–Crippen LogP) is 3.53. The third-order valence-corrected chi connectivity index (χ3v) is 3.75. The summed E-state index contributed by atoms with van der Waals surface area (Å²) in [6, 6.07) is 4.96. The zero-order valence-electron chi connectivity index (χ0n) is 11.8. The first kappa shape index (κ1) is 13.2. The Kier molecular flexibility index (Phi) is 4.45. The number of hydrogen-bond acceptors (Lipinski definition) is 3. The van der Waals surface area contributed by atoms with Gasteiger partial charge in [-0.1, -0.05) is 13.8 Å². The summed E-state index contributed by atoms with van der Waals surface area (Å²) in [6.07, 6.45) is 5.69. The Labute approximate surface area is 111 Å². The van der Waals surface area contributed by atoms with Crippen molar-refractivity contribution in [1.82, 2.24) is 4.98 Å². The summed E-state index contributed by atoms with van der Waals surface area (Å²) in [5, 5.41) is 3.36. The second-order valence-electron chi connectivity index (χ2n) is 5.51. The Morgan fingerprint density at radius 2 is 2.22 bits per heavy atom. The fourth-order valence-corrected chi connectivity index (χ4v) is 2.60. The summed E-state index contributed by atoms with van der Waals surface area (Å²) in [7, 11) is 0. The molecule has 0 spiro atoms. The molecule has 1 aliphatic rings. The molecule has 0 aromatic carbocycles. The van der Waals surface area contributed by atoms with Crippen LogP contribution in [0.2, 0.25) is 0 Å². The molecule has 0 amide bonds. The molecule has 1 fully saturated rings. The molecule has 1 N–H and O–H groups in total. The van der Waals surface area contributed by atoms with Crippen molar-refractivity contribution >= 4 is 11.5 Å². The van der Waals surface area contributed by atoms with E-state index < -0.39 is 0 Å². The summed E-state index contributed by atoms with van der Waals surface area (Å²) in [5.41, 5.74) is 1.31. The van der Waals surface area contributed by atoms with E-state index in [4.69, 9.17) is 0 Å².